The molecule has 1 aliphatic carbocycles. The van der Waals surface area contributed by atoms with Gasteiger partial charge in [-0.3, -0.25) is 0 Å². The van der Waals surface area contributed by atoms with E-state index in [-0.39, 0.29) is 24.0 Å². The van der Waals surface area contributed by atoms with Crippen LogP contribution in [-0.4, -0.2) is 41.6 Å². The molecule has 1 saturated carbocycles. The summed E-state index contributed by atoms with van der Waals surface area (Å²) in [5.74, 6) is 2.79. The van der Waals surface area contributed by atoms with Crippen LogP contribution >= 0.6 is 35.7 Å². The van der Waals surface area contributed by atoms with E-state index in [1.54, 1.807) is 0 Å². The maximum atomic E-state index is 5.89. The Morgan fingerprint density at radius 3 is 2.61 bits per heavy atom. The molecule has 0 radical (unpaired) electrons. The number of aliphatic imine (C=N–C) groups is 1. The number of nitrogens with zero attached hydrogens (tertiary/aromatic N) is 2. The second kappa shape index (κ2) is 13.7. The van der Waals surface area contributed by atoms with Gasteiger partial charge in [-0.15, -0.1) is 24.0 Å². The average molecular weight is 557 g/mol. The molecule has 1 heterocycles. The molecule has 0 spiro atoms. The second-order valence-corrected chi connectivity index (χ2v) is 8.33. The number of benzene rings is 1. The van der Waals surface area contributed by atoms with E-state index in [1.807, 2.05) is 61.3 Å². The normalized spacial score (nSPS) is 18.2. The van der Waals surface area contributed by atoms with E-state index in [0.29, 0.717) is 36.6 Å². The fourth-order valence-corrected chi connectivity index (χ4v) is 4.25. The van der Waals surface area contributed by atoms with E-state index in [4.69, 9.17) is 14.5 Å². The van der Waals surface area contributed by atoms with Crippen LogP contribution in [0.3, 0.4) is 0 Å². The number of halogens is 1. The molecule has 2 unspecified atom stereocenters. The third-order valence-electron chi connectivity index (χ3n) is 4.98. The Morgan fingerprint density at radius 2 is 1.97 bits per heavy atom. The van der Waals surface area contributed by atoms with Crippen molar-refractivity contribution in [1.82, 2.24) is 15.6 Å². The quantitative estimate of drug-likeness (QED) is 0.251. The first kappa shape index (κ1) is 25.6. The molecule has 170 valence electrons. The van der Waals surface area contributed by atoms with Gasteiger partial charge in [-0.1, -0.05) is 18.2 Å². The van der Waals surface area contributed by atoms with Gasteiger partial charge in [-0.05, 0) is 57.1 Å². The first-order valence-corrected chi connectivity index (χ1v) is 11.9. The number of hydrogen-bond donors (Lipinski definition) is 2. The summed E-state index contributed by atoms with van der Waals surface area (Å²) in [5, 5.41) is 7.69. The summed E-state index contributed by atoms with van der Waals surface area (Å²) in [4.78, 5) is 9.17. The molecule has 1 aromatic carbocycles. The molecule has 1 fully saturated rings. The number of ether oxygens (including phenoxy) is 2. The van der Waals surface area contributed by atoms with Gasteiger partial charge in [0.05, 0.1) is 13.2 Å². The van der Waals surface area contributed by atoms with Gasteiger partial charge in [0.15, 0.2) is 17.5 Å². The molecule has 1 aromatic heterocycles. The van der Waals surface area contributed by atoms with E-state index in [9.17, 15) is 0 Å². The van der Waals surface area contributed by atoms with Crippen LogP contribution in [0.25, 0.3) is 0 Å². The topological polar surface area (TPSA) is 67.8 Å². The lowest BCUT2D eigenvalue weighted by molar-refractivity contribution is 0.319. The van der Waals surface area contributed by atoms with Gasteiger partial charge in [-0.25, -0.2) is 9.98 Å². The van der Waals surface area contributed by atoms with Crippen molar-refractivity contribution >= 4 is 41.7 Å². The van der Waals surface area contributed by atoms with Gasteiger partial charge in [0.1, 0.15) is 0 Å². The number of rotatable bonds is 9. The molecule has 2 aromatic rings. The number of para-hydroxylation sites is 2. The van der Waals surface area contributed by atoms with Crippen molar-refractivity contribution in [3.63, 3.8) is 0 Å². The zero-order valence-corrected chi connectivity index (χ0v) is 21.6. The van der Waals surface area contributed by atoms with Gasteiger partial charge < -0.3 is 20.1 Å². The largest absolute Gasteiger partial charge is 0.490 e. The van der Waals surface area contributed by atoms with Crippen LogP contribution in [0.5, 0.6) is 17.4 Å². The highest BCUT2D eigenvalue weighted by Gasteiger charge is 2.24. The number of aromatic nitrogens is 1. The lowest BCUT2D eigenvalue weighted by Gasteiger charge is -2.17. The van der Waals surface area contributed by atoms with Gasteiger partial charge >= 0.3 is 0 Å². The highest BCUT2D eigenvalue weighted by atomic mass is 127. The van der Waals surface area contributed by atoms with Crippen LogP contribution in [-0.2, 0) is 6.54 Å². The van der Waals surface area contributed by atoms with Crippen LogP contribution < -0.4 is 20.1 Å². The summed E-state index contributed by atoms with van der Waals surface area (Å²) in [5.41, 5.74) is 1.03. The van der Waals surface area contributed by atoms with E-state index >= 15 is 0 Å². The Morgan fingerprint density at radius 1 is 1.16 bits per heavy atom. The van der Waals surface area contributed by atoms with Crippen molar-refractivity contribution in [3.8, 4) is 17.4 Å². The standard InChI is InChI=1S/C23H32N4O2S.HI/c1-4-24-23(27-18-11-12-19(14-18)30-3)26-16-17-10-13-22(25-15-17)29-21-9-7-6-8-20(21)28-5-2;/h6-10,13,15,18-19H,4-5,11-12,14,16H2,1-3H3,(H2,24,26,27);1H. The van der Waals surface area contributed by atoms with Crippen molar-refractivity contribution in [2.75, 3.05) is 19.4 Å². The molecular weight excluding hydrogens is 523 g/mol. The van der Waals surface area contributed by atoms with Gasteiger partial charge in [0.2, 0.25) is 5.88 Å². The minimum absolute atomic E-state index is 0. The van der Waals surface area contributed by atoms with Crippen molar-refractivity contribution in [3.05, 3.63) is 48.2 Å². The first-order chi connectivity index (χ1) is 14.7. The number of hydrogen-bond acceptors (Lipinski definition) is 5. The second-order valence-electron chi connectivity index (χ2n) is 7.19. The average Bonchev–Trinajstić information content (AvgIpc) is 3.22. The SMILES string of the molecule is CCNC(=NCc1ccc(Oc2ccccc2OCC)nc1)NC1CCC(SC)C1.I. The minimum atomic E-state index is 0. The van der Waals surface area contributed by atoms with Crippen LogP contribution in [0.2, 0.25) is 0 Å². The van der Waals surface area contributed by atoms with Crippen molar-refractivity contribution in [1.29, 1.82) is 0 Å². The molecule has 31 heavy (non-hydrogen) atoms. The smallest absolute Gasteiger partial charge is 0.219 e. The maximum Gasteiger partial charge on any atom is 0.219 e. The maximum absolute atomic E-state index is 5.89. The summed E-state index contributed by atoms with van der Waals surface area (Å²) >= 11 is 1.96. The predicted octanol–water partition coefficient (Wildman–Crippen LogP) is 5.23. The lowest BCUT2D eigenvalue weighted by Crippen LogP contribution is -2.42. The molecule has 0 aliphatic heterocycles. The molecule has 2 atom stereocenters. The third-order valence-corrected chi connectivity index (χ3v) is 6.08. The molecule has 2 N–H and O–H groups in total. The summed E-state index contributed by atoms with van der Waals surface area (Å²) in [7, 11) is 0. The van der Waals surface area contributed by atoms with Gasteiger partial charge in [0.25, 0.3) is 0 Å². The number of thioether (sulfide) groups is 1. The van der Waals surface area contributed by atoms with Crippen LogP contribution in [0.1, 0.15) is 38.7 Å². The van der Waals surface area contributed by atoms with E-state index in [2.05, 4.69) is 28.8 Å². The lowest BCUT2D eigenvalue weighted by atomic mass is 10.2. The highest BCUT2D eigenvalue weighted by Crippen LogP contribution is 2.30. The molecular formula is C23H33IN4O2S. The fraction of sp³-hybridized carbons (Fsp3) is 0.478. The zero-order chi connectivity index (χ0) is 21.2. The van der Waals surface area contributed by atoms with Crippen molar-refractivity contribution < 1.29 is 9.47 Å². The first-order valence-electron chi connectivity index (χ1n) is 10.6. The van der Waals surface area contributed by atoms with Crippen molar-refractivity contribution in [2.24, 2.45) is 4.99 Å². The number of guanidine groups is 1. The number of nitrogens with one attached hydrogen (secondary N) is 2. The fourth-order valence-electron chi connectivity index (χ4n) is 3.46. The molecule has 0 bridgehead atoms. The summed E-state index contributed by atoms with van der Waals surface area (Å²) in [6.07, 6.45) is 7.68. The predicted molar refractivity (Wildman–Crippen MR) is 140 cm³/mol. The Bertz CT molecular complexity index is 819. The molecule has 0 saturated heterocycles. The Labute approximate surface area is 207 Å². The van der Waals surface area contributed by atoms with Gasteiger partial charge in [0, 0.05) is 30.1 Å². The summed E-state index contributed by atoms with van der Waals surface area (Å²) < 4.78 is 11.5. The third kappa shape index (κ3) is 8.07. The highest BCUT2D eigenvalue weighted by molar-refractivity contribution is 14.0. The van der Waals surface area contributed by atoms with E-state index in [1.165, 1.54) is 19.3 Å². The molecule has 1 aliphatic rings. The molecule has 3 rings (SSSR count). The molecule has 0 amide bonds. The minimum Gasteiger partial charge on any atom is -0.490 e. The molecule has 8 heteroatoms. The van der Waals surface area contributed by atoms with Crippen LogP contribution in [0.15, 0.2) is 47.6 Å². The Hall–Kier alpha value is -1.68. The van der Waals surface area contributed by atoms with Crippen molar-refractivity contribution in [2.45, 2.75) is 50.9 Å². The summed E-state index contributed by atoms with van der Waals surface area (Å²) in [6.45, 7) is 6.04. The van der Waals surface area contributed by atoms with E-state index < -0.39 is 0 Å². The van der Waals surface area contributed by atoms with Crippen LogP contribution in [0.4, 0.5) is 0 Å². The van der Waals surface area contributed by atoms with Gasteiger partial charge in [-0.2, -0.15) is 11.8 Å². The Kier molecular flexibility index (Phi) is 11.3. The van der Waals surface area contributed by atoms with Crippen LogP contribution in [0, 0.1) is 0 Å². The molecule has 6 nitrogen and oxygen atoms in total. The Balaban J connectivity index is 0.00000341. The monoisotopic (exact) mass is 556 g/mol. The number of pyridine rings is 1. The zero-order valence-electron chi connectivity index (χ0n) is 18.5. The summed E-state index contributed by atoms with van der Waals surface area (Å²) in [6, 6.07) is 12.0. The van der Waals surface area contributed by atoms with E-state index in [0.717, 1.165) is 23.3 Å².